The molecule has 0 aliphatic carbocycles. The fourth-order valence-electron chi connectivity index (χ4n) is 3.70. The lowest BCUT2D eigenvalue weighted by Crippen LogP contribution is -2.46. The van der Waals surface area contributed by atoms with E-state index in [2.05, 4.69) is 44.7 Å². The molecule has 2 unspecified atom stereocenters. The Morgan fingerprint density at radius 1 is 1.25 bits per heavy atom. The molecule has 1 aliphatic heterocycles. The van der Waals surface area contributed by atoms with Gasteiger partial charge in [-0.1, -0.05) is 24.1 Å². The molecule has 0 spiro atoms. The van der Waals surface area contributed by atoms with Crippen molar-refractivity contribution in [3.05, 3.63) is 34.4 Å². The third kappa shape index (κ3) is 2.88. The molecule has 0 aromatic heterocycles. The number of benzene rings is 1. The van der Waals surface area contributed by atoms with Gasteiger partial charge >= 0.3 is 5.97 Å². The highest BCUT2D eigenvalue weighted by Gasteiger charge is 2.33. The highest BCUT2D eigenvalue weighted by Crippen LogP contribution is 2.32. The van der Waals surface area contributed by atoms with Gasteiger partial charge in [-0.25, -0.2) is 0 Å². The first-order valence-electron chi connectivity index (χ1n) is 7.48. The molecule has 3 heteroatoms. The smallest absolute Gasteiger partial charge is 0.320 e. The van der Waals surface area contributed by atoms with Crippen molar-refractivity contribution in [2.24, 2.45) is 0 Å². The number of aliphatic carboxylic acids is 1. The van der Waals surface area contributed by atoms with Crippen LogP contribution in [0.1, 0.15) is 54.5 Å². The Kier molecular flexibility index (Phi) is 4.48. The van der Waals surface area contributed by atoms with E-state index in [4.69, 9.17) is 0 Å². The molecule has 0 amide bonds. The predicted molar refractivity (Wildman–Crippen MR) is 81.0 cm³/mol. The van der Waals surface area contributed by atoms with Crippen LogP contribution in [0.4, 0.5) is 0 Å². The zero-order valence-electron chi connectivity index (χ0n) is 12.9. The normalized spacial score (nSPS) is 21.7. The predicted octanol–water partition coefficient (Wildman–Crippen LogP) is 3.61. The summed E-state index contributed by atoms with van der Waals surface area (Å²) in [7, 11) is 0. The first-order chi connectivity index (χ1) is 9.41. The zero-order valence-corrected chi connectivity index (χ0v) is 12.9. The minimum absolute atomic E-state index is 0.164. The largest absolute Gasteiger partial charge is 0.480 e. The van der Waals surface area contributed by atoms with Gasteiger partial charge in [0.15, 0.2) is 0 Å². The molecule has 1 aromatic carbocycles. The lowest BCUT2D eigenvalue weighted by molar-refractivity contribution is -0.145. The van der Waals surface area contributed by atoms with Crippen LogP contribution in [0.3, 0.4) is 0 Å². The summed E-state index contributed by atoms with van der Waals surface area (Å²) < 4.78 is 0. The van der Waals surface area contributed by atoms with Crippen molar-refractivity contribution in [2.45, 2.75) is 59.0 Å². The topological polar surface area (TPSA) is 40.5 Å². The van der Waals surface area contributed by atoms with Crippen molar-refractivity contribution >= 4 is 5.97 Å². The van der Waals surface area contributed by atoms with Crippen LogP contribution in [0, 0.1) is 20.8 Å². The van der Waals surface area contributed by atoms with Crippen molar-refractivity contribution in [3.8, 4) is 0 Å². The van der Waals surface area contributed by atoms with Crippen molar-refractivity contribution < 1.29 is 9.90 Å². The van der Waals surface area contributed by atoms with E-state index < -0.39 is 5.97 Å². The second-order valence-electron chi connectivity index (χ2n) is 6.08. The van der Waals surface area contributed by atoms with Gasteiger partial charge in [-0.05, 0) is 63.8 Å². The van der Waals surface area contributed by atoms with Crippen molar-refractivity contribution in [1.82, 2.24) is 4.90 Å². The van der Waals surface area contributed by atoms with E-state index in [0.717, 1.165) is 25.8 Å². The van der Waals surface area contributed by atoms with Gasteiger partial charge in [0.1, 0.15) is 6.04 Å². The number of rotatable bonds is 3. The highest BCUT2D eigenvalue weighted by molar-refractivity contribution is 5.73. The number of piperidine rings is 1. The molecule has 3 nitrogen and oxygen atoms in total. The van der Waals surface area contributed by atoms with E-state index in [1.807, 2.05) is 0 Å². The SMILES string of the molecule is Cc1cc(C)c(C(C)N2CCCCC2C(=O)O)c(C)c1. The van der Waals surface area contributed by atoms with Crippen molar-refractivity contribution in [2.75, 3.05) is 6.54 Å². The molecule has 0 bridgehead atoms. The maximum Gasteiger partial charge on any atom is 0.320 e. The number of hydrogen-bond donors (Lipinski definition) is 1. The number of aryl methyl sites for hydroxylation is 3. The monoisotopic (exact) mass is 275 g/mol. The first-order valence-corrected chi connectivity index (χ1v) is 7.48. The summed E-state index contributed by atoms with van der Waals surface area (Å²) in [4.78, 5) is 13.6. The number of likely N-dealkylation sites (tertiary alicyclic amines) is 1. The van der Waals surface area contributed by atoms with Gasteiger partial charge in [0, 0.05) is 6.04 Å². The Morgan fingerprint density at radius 2 is 1.85 bits per heavy atom. The fraction of sp³-hybridized carbons (Fsp3) is 0.588. The van der Waals surface area contributed by atoms with Crippen molar-refractivity contribution in [3.63, 3.8) is 0 Å². The minimum atomic E-state index is -0.682. The number of nitrogens with zero attached hydrogens (tertiary/aromatic N) is 1. The van der Waals surface area contributed by atoms with Gasteiger partial charge in [0.2, 0.25) is 0 Å². The molecule has 1 heterocycles. The van der Waals surface area contributed by atoms with Gasteiger partial charge in [-0.3, -0.25) is 9.69 Å². The molecule has 2 atom stereocenters. The van der Waals surface area contributed by atoms with Crippen LogP contribution in [0.15, 0.2) is 12.1 Å². The molecule has 1 aromatic rings. The number of carboxylic acid groups (broad SMARTS) is 1. The lowest BCUT2D eigenvalue weighted by atomic mass is 9.91. The molecule has 110 valence electrons. The second-order valence-corrected chi connectivity index (χ2v) is 6.08. The summed E-state index contributed by atoms with van der Waals surface area (Å²) >= 11 is 0. The zero-order chi connectivity index (χ0) is 14.9. The molecule has 1 aliphatic rings. The van der Waals surface area contributed by atoms with Gasteiger partial charge in [0.05, 0.1) is 0 Å². The number of hydrogen-bond acceptors (Lipinski definition) is 2. The highest BCUT2D eigenvalue weighted by atomic mass is 16.4. The van der Waals surface area contributed by atoms with E-state index in [0.29, 0.717) is 0 Å². The van der Waals surface area contributed by atoms with Crippen LogP contribution in [0.5, 0.6) is 0 Å². The van der Waals surface area contributed by atoms with Crippen LogP contribution in [0.2, 0.25) is 0 Å². The van der Waals surface area contributed by atoms with Crippen LogP contribution in [-0.2, 0) is 4.79 Å². The summed E-state index contributed by atoms with van der Waals surface area (Å²) in [5.41, 5.74) is 5.10. The standard InChI is InChI=1S/C17H25NO2/c1-11-9-12(2)16(13(3)10-11)14(4)18-8-6-5-7-15(18)17(19)20/h9-10,14-15H,5-8H2,1-4H3,(H,19,20). The minimum Gasteiger partial charge on any atom is -0.480 e. The van der Waals surface area contributed by atoms with Crippen LogP contribution in [-0.4, -0.2) is 28.6 Å². The Labute approximate surface area is 121 Å². The molecule has 1 saturated heterocycles. The summed E-state index contributed by atoms with van der Waals surface area (Å²) in [5.74, 6) is -0.682. The van der Waals surface area contributed by atoms with E-state index in [-0.39, 0.29) is 12.1 Å². The summed E-state index contributed by atoms with van der Waals surface area (Å²) in [5, 5.41) is 9.45. The van der Waals surface area contributed by atoms with Gasteiger partial charge in [-0.15, -0.1) is 0 Å². The van der Waals surface area contributed by atoms with Gasteiger partial charge in [0.25, 0.3) is 0 Å². The Hall–Kier alpha value is -1.35. The van der Waals surface area contributed by atoms with Crippen LogP contribution in [0.25, 0.3) is 0 Å². The van der Waals surface area contributed by atoms with E-state index in [1.165, 1.54) is 22.3 Å². The molecule has 1 N–H and O–H groups in total. The summed E-state index contributed by atoms with van der Waals surface area (Å²) in [6.45, 7) is 9.39. The number of carboxylic acids is 1. The Balaban J connectivity index is 2.34. The van der Waals surface area contributed by atoms with E-state index in [1.54, 1.807) is 0 Å². The third-order valence-electron chi connectivity index (χ3n) is 4.48. The second kappa shape index (κ2) is 5.96. The molecule has 2 rings (SSSR count). The van der Waals surface area contributed by atoms with E-state index in [9.17, 15) is 9.90 Å². The molecule has 20 heavy (non-hydrogen) atoms. The van der Waals surface area contributed by atoms with Gasteiger partial charge < -0.3 is 5.11 Å². The lowest BCUT2D eigenvalue weighted by Gasteiger charge is -2.38. The van der Waals surface area contributed by atoms with Crippen LogP contribution < -0.4 is 0 Å². The third-order valence-corrected chi connectivity index (χ3v) is 4.48. The quantitative estimate of drug-likeness (QED) is 0.916. The number of carbonyl (C=O) groups is 1. The average molecular weight is 275 g/mol. The van der Waals surface area contributed by atoms with Crippen LogP contribution >= 0.6 is 0 Å². The average Bonchev–Trinajstić information content (AvgIpc) is 2.37. The summed E-state index contributed by atoms with van der Waals surface area (Å²) in [6, 6.07) is 4.22. The molecular weight excluding hydrogens is 250 g/mol. The molecule has 0 radical (unpaired) electrons. The maximum atomic E-state index is 11.5. The Bertz CT molecular complexity index is 487. The Morgan fingerprint density at radius 3 is 2.40 bits per heavy atom. The van der Waals surface area contributed by atoms with Crippen molar-refractivity contribution in [1.29, 1.82) is 0 Å². The molecular formula is C17H25NO2. The van der Waals surface area contributed by atoms with Gasteiger partial charge in [-0.2, -0.15) is 0 Å². The molecule has 1 fully saturated rings. The van der Waals surface area contributed by atoms with E-state index >= 15 is 0 Å². The molecule has 0 saturated carbocycles. The maximum absolute atomic E-state index is 11.5. The fourth-order valence-corrected chi connectivity index (χ4v) is 3.70. The first kappa shape index (κ1) is 15.0. The summed E-state index contributed by atoms with van der Waals surface area (Å²) in [6.07, 6.45) is 2.88.